The summed E-state index contributed by atoms with van der Waals surface area (Å²) < 4.78 is 0.961. The predicted molar refractivity (Wildman–Crippen MR) is 76.6 cm³/mol. The van der Waals surface area contributed by atoms with E-state index in [2.05, 4.69) is 21.2 Å². The van der Waals surface area contributed by atoms with Crippen molar-refractivity contribution in [2.24, 2.45) is 5.73 Å². The molecule has 0 saturated heterocycles. The third-order valence-corrected chi connectivity index (χ3v) is 4.62. The highest BCUT2D eigenvalue weighted by Crippen LogP contribution is 2.29. The lowest BCUT2D eigenvalue weighted by Gasteiger charge is -2.28. The first-order valence-corrected chi connectivity index (χ1v) is 7.14. The van der Waals surface area contributed by atoms with E-state index in [0.29, 0.717) is 12.1 Å². The molecule has 1 aliphatic carbocycles. The van der Waals surface area contributed by atoms with E-state index in [0.717, 1.165) is 35.7 Å². The van der Waals surface area contributed by atoms with E-state index < -0.39 is 0 Å². The van der Waals surface area contributed by atoms with Crippen molar-refractivity contribution in [3.63, 3.8) is 0 Å². The molecule has 2 rings (SSSR count). The van der Waals surface area contributed by atoms with Crippen molar-refractivity contribution in [3.05, 3.63) is 33.8 Å². The first kappa shape index (κ1) is 13.6. The molecule has 1 amide bonds. The van der Waals surface area contributed by atoms with Crippen LogP contribution in [-0.2, 0) is 0 Å². The third-order valence-electron chi connectivity index (χ3n) is 3.76. The van der Waals surface area contributed by atoms with Crippen LogP contribution in [0.1, 0.15) is 41.6 Å². The lowest BCUT2D eigenvalue weighted by Crippen LogP contribution is -2.51. The van der Waals surface area contributed by atoms with Crippen molar-refractivity contribution in [2.45, 2.75) is 38.1 Å². The number of halogens is 1. The fourth-order valence-corrected chi connectivity index (χ4v) is 2.86. The van der Waals surface area contributed by atoms with Crippen molar-refractivity contribution in [1.82, 2.24) is 5.32 Å². The Labute approximate surface area is 116 Å². The second kappa shape index (κ2) is 5.41. The summed E-state index contributed by atoms with van der Waals surface area (Å²) in [7, 11) is 0. The molecule has 0 atom stereocenters. The van der Waals surface area contributed by atoms with Crippen LogP contribution < -0.4 is 11.1 Å². The van der Waals surface area contributed by atoms with Gasteiger partial charge in [-0.25, -0.2) is 0 Å². The Morgan fingerprint density at radius 1 is 1.44 bits per heavy atom. The van der Waals surface area contributed by atoms with Gasteiger partial charge in [-0.1, -0.05) is 34.8 Å². The predicted octanol–water partition coefficient (Wildman–Crippen LogP) is 2.76. The van der Waals surface area contributed by atoms with Crippen LogP contribution in [0.15, 0.2) is 22.7 Å². The van der Waals surface area contributed by atoms with Crippen LogP contribution in [0.3, 0.4) is 0 Å². The summed E-state index contributed by atoms with van der Waals surface area (Å²) in [5.41, 5.74) is 7.45. The lowest BCUT2D eigenvalue weighted by atomic mass is 9.97. The number of aryl methyl sites for hydroxylation is 1. The molecule has 1 fully saturated rings. The number of rotatable bonds is 3. The second-order valence-electron chi connectivity index (χ2n) is 5.11. The first-order valence-electron chi connectivity index (χ1n) is 6.35. The molecule has 3 nitrogen and oxygen atoms in total. The minimum atomic E-state index is -0.186. The zero-order chi connectivity index (χ0) is 13.2. The maximum Gasteiger partial charge on any atom is 0.251 e. The Bertz CT molecular complexity index is 453. The zero-order valence-corrected chi connectivity index (χ0v) is 12.2. The Morgan fingerprint density at radius 2 is 2.11 bits per heavy atom. The monoisotopic (exact) mass is 310 g/mol. The topological polar surface area (TPSA) is 55.1 Å². The van der Waals surface area contributed by atoms with Gasteiger partial charge in [-0.3, -0.25) is 4.79 Å². The summed E-state index contributed by atoms with van der Waals surface area (Å²) >= 11 is 3.45. The molecule has 1 aromatic rings. The Morgan fingerprint density at radius 3 is 2.67 bits per heavy atom. The fourth-order valence-electron chi connectivity index (χ4n) is 2.48. The van der Waals surface area contributed by atoms with E-state index in [1.807, 2.05) is 25.1 Å². The van der Waals surface area contributed by atoms with Crippen LogP contribution >= 0.6 is 15.9 Å². The van der Waals surface area contributed by atoms with Gasteiger partial charge in [0.1, 0.15) is 0 Å². The van der Waals surface area contributed by atoms with Gasteiger partial charge in [0, 0.05) is 16.6 Å². The van der Waals surface area contributed by atoms with Gasteiger partial charge in [0.05, 0.1) is 5.54 Å². The zero-order valence-electron chi connectivity index (χ0n) is 10.6. The van der Waals surface area contributed by atoms with Crippen LogP contribution in [-0.4, -0.2) is 18.0 Å². The second-order valence-corrected chi connectivity index (χ2v) is 5.96. The molecule has 0 aliphatic heterocycles. The average molecular weight is 311 g/mol. The van der Waals surface area contributed by atoms with Crippen LogP contribution in [0.5, 0.6) is 0 Å². The van der Waals surface area contributed by atoms with Gasteiger partial charge in [-0.15, -0.1) is 0 Å². The number of nitrogens with one attached hydrogen (secondary N) is 1. The Balaban J connectivity index is 2.13. The number of benzene rings is 1. The van der Waals surface area contributed by atoms with Gasteiger partial charge < -0.3 is 11.1 Å². The quantitative estimate of drug-likeness (QED) is 0.902. The summed E-state index contributed by atoms with van der Waals surface area (Å²) in [5, 5.41) is 3.12. The van der Waals surface area contributed by atoms with Gasteiger partial charge in [0.15, 0.2) is 0 Å². The van der Waals surface area contributed by atoms with E-state index >= 15 is 0 Å². The molecule has 1 aliphatic rings. The number of hydrogen-bond donors (Lipinski definition) is 2. The summed E-state index contributed by atoms with van der Waals surface area (Å²) in [6.45, 7) is 2.52. The summed E-state index contributed by atoms with van der Waals surface area (Å²) in [4.78, 5) is 12.2. The summed E-state index contributed by atoms with van der Waals surface area (Å²) in [5.74, 6) is -0.0250. The number of amides is 1. The summed E-state index contributed by atoms with van der Waals surface area (Å²) in [6.07, 6.45) is 4.27. The van der Waals surface area contributed by atoms with E-state index in [1.165, 1.54) is 0 Å². The SMILES string of the molecule is Cc1ccc(C(=O)NC2(CN)CCCC2)cc1Br. The van der Waals surface area contributed by atoms with Gasteiger partial charge >= 0.3 is 0 Å². The van der Waals surface area contributed by atoms with Gasteiger partial charge in [0.2, 0.25) is 0 Å². The van der Waals surface area contributed by atoms with Crippen molar-refractivity contribution in [2.75, 3.05) is 6.54 Å². The normalized spacial score (nSPS) is 17.7. The molecule has 18 heavy (non-hydrogen) atoms. The average Bonchev–Trinajstić information content (AvgIpc) is 2.82. The fraction of sp³-hybridized carbons (Fsp3) is 0.500. The van der Waals surface area contributed by atoms with Crippen LogP contribution in [0.25, 0.3) is 0 Å². The van der Waals surface area contributed by atoms with Crippen molar-refractivity contribution < 1.29 is 4.79 Å². The van der Waals surface area contributed by atoms with E-state index in [4.69, 9.17) is 5.73 Å². The number of hydrogen-bond acceptors (Lipinski definition) is 2. The molecule has 98 valence electrons. The molecular formula is C14H19BrN2O. The smallest absolute Gasteiger partial charge is 0.251 e. The number of carbonyl (C=O) groups is 1. The molecule has 0 bridgehead atoms. The van der Waals surface area contributed by atoms with Crippen LogP contribution in [0, 0.1) is 6.92 Å². The molecule has 0 unspecified atom stereocenters. The molecule has 0 spiro atoms. The standard InChI is InChI=1S/C14H19BrN2O/c1-10-4-5-11(8-12(10)15)13(18)17-14(9-16)6-2-3-7-14/h4-5,8H,2-3,6-7,9,16H2,1H3,(H,17,18). The minimum absolute atomic E-state index is 0.0250. The highest BCUT2D eigenvalue weighted by molar-refractivity contribution is 9.10. The number of carbonyl (C=O) groups excluding carboxylic acids is 1. The van der Waals surface area contributed by atoms with Crippen molar-refractivity contribution >= 4 is 21.8 Å². The third kappa shape index (κ3) is 2.75. The van der Waals surface area contributed by atoms with Crippen molar-refractivity contribution in [1.29, 1.82) is 0 Å². The van der Waals surface area contributed by atoms with Crippen LogP contribution in [0.4, 0.5) is 0 Å². The number of nitrogens with two attached hydrogens (primary N) is 1. The molecule has 3 N–H and O–H groups in total. The molecule has 1 saturated carbocycles. The summed E-state index contributed by atoms with van der Waals surface area (Å²) in [6, 6.07) is 5.67. The van der Waals surface area contributed by atoms with E-state index in [1.54, 1.807) is 0 Å². The molecule has 0 heterocycles. The molecule has 0 aromatic heterocycles. The maximum absolute atomic E-state index is 12.2. The van der Waals surface area contributed by atoms with Crippen molar-refractivity contribution in [3.8, 4) is 0 Å². The molecular weight excluding hydrogens is 292 g/mol. The van der Waals surface area contributed by atoms with E-state index in [9.17, 15) is 4.79 Å². The minimum Gasteiger partial charge on any atom is -0.345 e. The lowest BCUT2D eigenvalue weighted by molar-refractivity contribution is 0.0903. The largest absolute Gasteiger partial charge is 0.345 e. The maximum atomic E-state index is 12.2. The highest BCUT2D eigenvalue weighted by atomic mass is 79.9. The molecule has 0 radical (unpaired) electrons. The van der Waals surface area contributed by atoms with Gasteiger partial charge in [-0.05, 0) is 37.5 Å². The van der Waals surface area contributed by atoms with E-state index in [-0.39, 0.29) is 11.4 Å². The Hall–Kier alpha value is -0.870. The molecule has 4 heteroatoms. The Kier molecular flexibility index (Phi) is 4.07. The van der Waals surface area contributed by atoms with Crippen LogP contribution in [0.2, 0.25) is 0 Å². The first-order chi connectivity index (χ1) is 8.56. The highest BCUT2D eigenvalue weighted by Gasteiger charge is 2.34. The van der Waals surface area contributed by atoms with Gasteiger partial charge in [-0.2, -0.15) is 0 Å². The molecule has 1 aromatic carbocycles. The van der Waals surface area contributed by atoms with Gasteiger partial charge in [0.25, 0.3) is 5.91 Å².